The average Bonchev–Trinajstić information content (AvgIpc) is 2.88. The van der Waals surface area contributed by atoms with Crippen LogP contribution in [0.25, 0.3) is 0 Å². The monoisotopic (exact) mass is 331 g/mol. The number of rotatable bonds is 6. The van der Waals surface area contributed by atoms with Gasteiger partial charge in [-0.25, -0.2) is 10.4 Å². The van der Waals surface area contributed by atoms with Gasteiger partial charge < -0.3 is 10.6 Å². The van der Waals surface area contributed by atoms with Gasteiger partial charge >= 0.3 is 0 Å². The lowest BCUT2D eigenvalue weighted by Gasteiger charge is -2.20. The lowest BCUT2D eigenvalue weighted by atomic mass is 10.2. The van der Waals surface area contributed by atoms with Crippen molar-refractivity contribution >= 4 is 34.3 Å². The lowest BCUT2D eigenvalue weighted by molar-refractivity contribution is 0.0958. The second kappa shape index (κ2) is 7.73. The standard InChI is InChI=1S/C16H21N5OS/c1-4-21(5-2)13-8-6-12(7-9-13)10-18-20-15(22)14-11(3)19-16(17)23-14/h6-10H,4-5H2,1-3H3,(H2,17,19)(H,20,22)/b18-10-. The number of carbonyl (C=O) groups is 1. The van der Waals surface area contributed by atoms with Crippen LogP contribution in [0.5, 0.6) is 0 Å². The minimum absolute atomic E-state index is 0.298. The molecule has 0 fully saturated rings. The smallest absolute Gasteiger partial charge is 0.283 e. The van der Waals surface area contributed by atoms with Crippen molar-refractivity contribution in [1.29, 1.82) is 0 Å². The van der Waals surface area contributed by atoms with Crippen molar-refractivity contribution in [2.45, 2.75) is 20.8 Å². The van der Waals surface area contributed by atoms with Crippen molar-refractivity contribution in [1.82, 2.24) is 10.4 Å². The van der Waals surface area contributed by atoms with Crippen LogP contribution in [0.3, 0.4) is 0 Å². The van der Waals surface area contributed by atoms with Gasteiger partial charge in [0.05, 0.1) is 11.9 Å². The van der Waals surface area contributed by atoms with E-state index in [2.05, 4.69) is 34.3 Å². The van der Waals surface area contributed by atoms with Crippen molar-refractivity contribution < 1.29 is 4.79 Å². The summed E-state index contributed by atoms with van der Waals surface area (Å²) in [5, 5.41) is 4.36. The van der Waals surface area contributed by atoms with E-state index < -0.39 is 0 Å². The molecule has 7 heteroatoms. The number of hydrogen-bond acceptors (Lipinski definition) is 6. The average molecular weight is 331 g/mol. The number of amides is 1. The van der Waals surface area contributed by atoms with E-state index in [0.717, 1.165) is 30.0 Å². The number of anilines is 2. The zero-order chi connectivity index (χ0) is 16.8. The Labute approximate surface area is 140 Å². The summed E-state index contributed by atoms with van der Waals surface area (Å²) in [6, 6.07) is 8.03. The molecule has 1 aromatic heterocycles. The van der Waals surface area contributed by atoms with Crippen molar-refractivity contribution in [3.8, 4) is 0 Å². The fourth-order valence-electron chi connectivity index (χ4n) is 2.20. The zero-order valence-electron chi connectivity index (χ0n) is 13.5. The summed E-state index contributed by atoms with van der Waals surface area (Å²) < 4.78 is 0. The summed E-state index contributed by atoms with van der Waals surface area (Å²) in [4.78, 5) is 18.7. The summed E-state index contributed by atoms with van der Waals surface area (Å²) in [5.74, 6) is -0.298. The highest BCUT2D eigenvalue weighted by atomic mass is 32.1. The number of nitrogen functional groups attached to an aromatic ring is 1. The van der Waals surface area contributed by atoms with Gasteiger partial charge in [-0.2, -0.15) is 5.10 Å². The maximum absolute atomic E-state index is 12.0. The van der Waals surface area contributed by atoms with Gasteiger partial charge in [0.2, 0.25) is 0 Å². The zero-order valence-corrected chi connectivity index (χ0v) is 14.4. The topological polar surface area (TPSA) is 83.6 Å². The molecule has 1 amide bonds. The molecule has 0 atom stereocenters. The second-order valence-corrected chi connectivity index (χ2v) is 5.96. The van der Waals surface area contributed by atoms with Crippen LogP contribution >= 0.6 is 11.3 Å². The molecule has 23 heavy (non-hydrogen) atoms. The molecule has 6 nitrogen and oxygen atoms in total. The van der Waals surface area contributed by atoms with Crippen LogP contribution in [-0.2, 0) is 0 Å². The van der Waals surface area contributed by atoms with Crippen molar-refractivity contribution in [2.75, 3.05) is 23.7 Å². The fourth-order valence-corrected chi connectivity index (χ4v) is 2.93. The van der Waals surface area contributed by atoms with E-state index in [4.69, 9.17) is 5.73 Å². The summed E-state index contributed by atoms with van der Waals surface area (Å²) in [5.41, 5.74) is 10.8. The predicted octanol–water partition coefficient (Wildman–Crippen LogP) is 2.64. The van der Waals surface area contributed by atoms with E-state index in [-0.39, 0.29) is 5.91 Å². The van der Waals surface area contributed by atoms with E-state index in [1.165, 1.54) is 5.69 Å². The first-order valence-corrected chi connectivity index (χ1v) is 8.28. The lowest BCUT2D eigenvalue weighted by Crippen LogP contribution is -2.21. The molecule has 3 N–H and O–H groups in total. The Morgan fingerprint density at radius 2 is 2.00 bits per heavy atom. The number of hydrogen-bond donors (Lipinski definition) is 2. The fraction of sp³-hybridized carbons (Fsp3) is 0.312. The third-order valence-electron chi connectivity index (χ3n) is 3.42. The molecule has 0 bridgehead atoms. The number of aromatic nitrogens is 1. The highest BCUT2D eigenvalue weighted by Gasteiger charge is 2.13. The number of hydrazone groups is 1. The minimum Gasteiger partial charge on any atom is -0.375 e. The molecule has 122 valence electrons. The van der Waals surface area contributed by atoms with Crippen LogP contribution in [0.1, 0.15) is 34.8 Å². The Hall–Kier alpha value is -2.41. The number of nitrogens with zero attached hydrogens (tertiary/aromatic N) is 3. The normalized spacial score (nSPS) is 10.9. The molecule has 0 unspecified atom stereocenters. The molecule has 0 saturated carbocycles. The molecule has 2 aromatic rings. The number of thiazole rings is 1. The molecule has 0 saturated heterocycles. The van der Waals surface area contributed by atoms with Crippen LogP contribution in [-0.4, -0.2) is 30.2 Å². The van der Waals surface area contributed by atoms with Crippen molar-refractivity contribution in [3.63, 3.8) is 0 Å². The van der Waals surface area contributed by atoms with E-state index in [0.29, 0.717) is 15.7 Å². The Bertz CT molecular complexity index is 689. The van der Waals surface area contributed by atoms with Gasteiger partial charge in [0.15, 0.2) is 5.13 Å². The van der Waals surface area contributed by atoms with E-state index in [1.807, 2.05) is 24.3 Å². The van der Waals surface area contributed by atoms with Crippen LogP contribution in [0.2, 0.25) is 0 Å². The Morgan fingerprint density at radius 3 is 2.52 bits per heavy atom. The van der Waals surface area contributed by atoms with Crippen LogP contribution in [0, 0.1) is 6.92 Å². The molecular weight excluding hydrogens is 310 g/mol. The van der Waals surface area contributed by atoms with Crippen LogP contribution < -0.4 is 16.1 Å². The summed E-state index contributed by atoms with van der Waals surface area (Å²) in [7, 11) is 0. The van der Waals surface area contributed by atoms with Gasteiger partial charge in [-0.1, -0.05) is 23.5 Å². The third-order valence-corrected chi connectivity index (χ3v) is 4.41. The summed E-state index contributed by atoms with van der Waals surface area (Å²) >= 11 is 1.15. The molecular formula is C16H21N5OS. The maximum Gasteiger partial charge on any atom is 0.283 e. The number of aryl methyl sites for hydroxylation is 1. The van der Waals surface area contributed by atoms with Gasteiger partial charge in [-0.05, 0) is 38.5 Å². The van der Waals surface area contributed by atoms with Crippen molar-refractivity contribution in [2.24, 2.45) is 5.10 Å². The summed E-state index contributed by atoms with van der Waals surface area (Å²) in [6.45, 7) is 7.94. The number of benzene rings is 1. The van der Waals surface area contributed by atoms with Gasteiger partial charge in [-0.3, -0.25) is 4.79 Å². The van der Waals surface area contributed by atoms with E-state index in [9.17, 15) is 4.79 Å². The van der Waals surface area contributed by atoms with E-state index >= 15 is 0 Å². The molecule has 0 aliphatic rings. The van der Waals surface area contributed by atoms with Gasteiger partial charge in [0.1, 0.15) is 4.88 Å². The predicted molar refractivity (Wildman–Crippen MR) is 96.3 cm³/mol. The first kappa shape index (κ1) is 17.0. The number of nitrogens with two attached hydrogens (primary N) is 1. The highest BCUT2D eigenvalue weighted by Crippen LogP contribution is 2.19. The first-order valence-electron chi connectivity index (χ1n) is 7.46. The first-order chi connectivity index (χ1) is 11.0. The SMILES string of the molecule is CCN(CC)c1ccc(/C=N\NC(=O)c2sc(N)nc2C)cc1. The molecule has 0 aliphatic carbocycles. The van der Waals surface area contributed by atoms with Gasteiger partial charge in [-0.15, -0.1) is 0 Å². The molecule has 0 aliphatic heterocycles. The quantitative estimate of drug-likeness (QED) is 0.629. The van der Waals surface area contributed by atoms with Gasteiger partial charge in [0.25, 0.3) is 5.91 Å². The third kappa shape index (κ3) is 4.29. The molecule has 2 rings (SSSR count). The van der Waals surface area contributed by atoms with E-state index in [1.54, 1.807) is 13.1 Å². The number of nitrogens with one attached hydrogen (secondary N) is 1. The highest BCUT2D eigenvalue weighted by molar-refractivity contribution is 7.17. The maximum atomic E-state index is 12.0. The van der Waals surface area contributed by atoms with Crippen LogP contribution in [0.15, 0.2) is 29.4 Å². The number of carbonyl (C=O) groups excluding carboxylic acids is 1. The Balaban J connectivity index is 1.98. The Kier molecular flexibility index (Phi) is 5.70. The van der Waals surface area contributed by atoms with Gasteiger partial charge in [0, 0.05) is 18.8 Å². The largest absolute Gasteiger partial charge is 0.375 e. The molecule has 1 heterocycles. The molecule has 0 spiro atoms. The van der Waals surface area contributed by atoms with Crippen LogP contribution in [0.4, 0.5) is 10.8 Å². The minimum atomic E-state index is -0.298. The van der Waals surface area contributed by atoms with Crippen molar-refractivity contribution in [3.05, 3.63) is 40.4 Å². The Morgan fingerprint density at radius 1 is 1.35 bits per heavy atom. The molecule has 0 radical (unpaired) electrons. The summed E-state index contributed by atoms with van der Waals surface area (Å²) in [6.07, 6.45) is 1.61. The molecule has 1 aromatic carbocycles. The second-order valence-electron chi connectivity index (χ2n) is 4.93.